The summed E-state index contributed by atoms with van der Waals surface area (Å²) in [6.45, 7) is 3.93. The number of hydrogen-bond donors (Lipinski definition) is 2. The van der Waals surface area contributed by atoms with Gasteiger partial charge >= 0.3 is 0 Å². The molecule has 0 aliphatic carbocycles. The minimum Gasteiger partial charge on any atom is -0.354 e. The van der Waals surface area contributed by atoms with E-state index in [1.807, 2.05) is 38.1 Å². The Balaban J connectivity index is 1.90. The lowest BCUT2D eigenvalue weighted by molar-refractivity contribution is -0.119. The SMILES string of the molecule is CC1(C)C(=O)Nc2cc3[nH]c(-c4ccccc4)cc3cc21. The Hall–Kier alpha value is -2.55. The summed E-state index contributed by atoms with van der Waals surface area (Å²) in [6.07, 6.45) is 0. The first-order valence-electron chi connectivity index (χ1n) is 7.10. The van der Waals surface area contributed by atoms with Crippen LogP contribution in [-0.2, 0) is 10.2 Å². The van der Waals surface area contributed by atoms with Crippen LogP contribution < -0.4 is 5.32 Å². The van der Waals surface area contributed by atoms with Gasteiger partial charge in [-0.2, -0.15) is 0 Å². The average Bonchev–Trinajstić information content (AvgIpc) is 2.98. The maximum atomic E-state index is 12.0. The number of carbonyl (C=O) groups is 1. The average molecular weight is 276 g/mol. The van der Waals surface area contributed by atoms with Crippen LogP contribution in [0.4, 0.5) is 5.69 Å². The normalized spacial score (nSPS) is 16.0. The van der Waals surface area contributed by atoms with Gasteiger partial charge in [0.1, 0.15) is 0 Å². The van der Waals surface area contributed by atoms with E-state index in [1.54, 1.807) is 0 Å². The molecule has 3 heteroatoms. The lowest BCUT2D eigenvalue weighted by Gasteiger charge is -2.14. The predicted octanol–water partition coefficient (Wildman–Crippen LogP) is 4.06. The third-order valence-electron chi connectivity index (χ3n) is 4.33. The Morgan fingerprint density at radius 3 is 2.52 bits per heavy atom. The first-order chi connectivity index (χ1) is 10.1. The van der Waals surface area contributed by atoms with Crippen molar-refractivity contribution in [2.45, 2.75) is 19.3 Å². The monoisotopic (exact) mass is 276 g/mol. The lowest BCUT2D eigenvalue weighted by atomic mass is 9.86. The Kier molecular flexibility index (Phi) is 2.31. The molecule has 104 valence electrons. The molecule has 21 heavy (non-hydrogen) atoms. The van der Waals surface area contributed by atoms with Crippen molar-refractivity contribution < 1.29 is 4.79 Å². The molecule has 0 spiro atoms. The van der Waals surface area contributed by atoms with E-state index in [4.69, 9.17) is 0 Å². The van der Waals surface area contributed by atoms with Gasteiger partial charge in [-0.3, -0.25) is 4.79 Å². The zero-order valence-corrected chi connectivity index (χ0v) is 12.0. The molecule has 1 aromatic heterocycles. The second kappa shape index (κ2) is 3.98. The van der Waals surface area contributed by atoms with Gasteiger partial charge in [-0.25, -0.2) is 0 Å². The van der Waals surface area contributed by atoms with Gasteiger partial charge < -0.3 is 10.3 Å². The van der Waals surface area contributed by atoms with Crippen LogP contribution in [0.1, 0.15) is 19.4 Å². The first kappa shape index (κ1) is 12.2. The zero-order valence-electron chi connectivity index (χ0n) is 12.0. The first-order valence-corrected chi connectivity index (χ1v) is 7.10. The van der Waals surface area contributed by atoms with Crippen LogP contribution in [0.3, 0.4) is 0 Å². The highest BCUT2D eigenvalue weighted by Gasteiger charge is 2.38. The number of benzene rings is 2. The molecule has 3 nitrogen and oxygen atoms in total. The highest BCUT2D eigenvalue weighted by Crippen LogP contribution is 2.40. The van der Waals surface area contributed by atoms with Crippen molar-refractivity contribution in [2.75, 3.05) is 5.32 Å². The molecule has 0 bridgehead atoms. The fraction of sp³-hybridized carbons (Fsp3) is 0.167. The summed E-state index contributed by atoms with van der Waals surface area (Å²) in [5, 5.41) is 4.11. The van der Waals surface area contributed by atoms with Gasteiger partial charge in [-0.05, 0) is 43.2 Å². The highest BCUT2D eigenvalue weighted by atomic mass is 16.2. The molecule has 0 saturated carbocycles. The number of rotatable bonds is 1. The van der Waals surface area contributed by atoms with E-state index in [0.29, 0.717) is 0 Å². The molecule has 3 aromatic rings. The van der Waals surface area contributed by atoms with Crippen LogP contribution in [0.5, 0.6) is 0 Å². The molecular weight excluding hydrogens is 260 g/mol. The minimum atomic E-state index is -0.465. The van der Waals surface area contributed by atoms with E-state index in [9.17, 15) is 4.79 Å². The smallest absolute Gasteiger partial charge is 0.234 e. The molecule has 2 aromatic carbocycles. The Bertz CT molecular complexity index is 860. The van der Waals surface area contributed by atoms with Crippen LogP contribution >= 0.6 is 0 Å². The zero-order chi connectivity index (χ0) is 14.6. The van der Waals surface area contributed by atoms with Crippen LogP contribution in [0, 0.1) is 0 Å². The van der Waals surface area contributed by atoms with E-state index in [-0.39, 0.29) is 5.91 Å². The van der Waals surface area contributed by atoms with Gasteiger partial charge in [0.2, 0.25) is 5.91 Å². The van der Waals surface area contributed by atoms with E-state index >= 15 is 0 Å². The maximum Gasteiger partial charge on any atom is 0.234 e. The van der Waals surface area contributed by atoms with Crippen LogP contribution in [-0.4, -0.2) is 10.9 Å². The summed E-state index contributed by atoms with van der Waals surface area (Å²) >= 11 is 0. The summed E-state index contributed by atoms with van der Waals surface area (Å²) in [4.78, 5) is 15.5. The highest BCUT2D eigenvalue weighted by molar-refractivity contribution is 6.08. The summed E-state index contributed by atoms with van der Waals surface area (Å²) in [6, 6.07) is 16.5. The molecule has 0 saturated heterocycles. The van der Waals surface area contributed by atoms with Gasteiger partial charge in [-0.1, -0.05) is 30.3 Å². The van der Waals surface area contributed by atoms with Crippen LogP contribution in [0.2, 0.25) is 0 Å². The molecule has 1 aliphatic rings. The third-order valence-corrected chi connectivity index (χ3v) is 4.33. The molecule has 2 N–H and O–H groups in total. The number of hydrogen-bond acceptors (Lipinski definition) is 1. The molecule has 1 amide bonds. The Labute approximate surface area is 123 Å². The molecule has 2 heterocycles. The molecule has 0 radical (unpaired) electrons. The van der Waals surface area contributed by atoms with Crippen molar-refractivity contribution in [3.8, 4) is 11.3 Å². The Morgan fingerprint density at radius 1 is 1.00 bits per heavy atom. The number of anilines is 1. The number of H-pyrrole nitrogens is 1. The van der Waals surface area contributed by atoms with Gasteiger partial charge in [0, 0.05) is 22.3 Å². The number of fused-ring (bicyclic) bond motifs is 2. The fourth-order valence-electron chi connectivity index (χ4n) is 2.98. The largest absolute Gasteiger partial charge is 0.354 e. The van der Waals surface area contributed by atoms with Gasteiger partial charge in [-0.15, -0.1) is 0 Å². The lowest BCUT2D eigenvalue weighted by Crippen LogP contribution is -2.26. The van der Waals surface area contributed by atoms with Crippen molar-refractivity contribution in [1.82, 2.24) is 4.98 Å². The molecule has 4 rings (SSSR count). The standard InChI is InChI=1S/C18H16N2O/c1-18(2)13-8-12-9-14(11-6-4-3-5-7-11)19-15(12)10-16(13)20-17(18)21/h3-10,19H,1-2H3,(H,20,21). The molecule has 0 fully saturated rings. The fourth-order valence-corrected chi connectivity index (χ4v) is 2.98. The number of aromatic amines is 1. The van der Waals surface area contributed by atoms with Crippen LogP contribution in [0.15, 0.2) is 48.5 Å². The van der Waals surface area contributed by atoms with Gasteiger partial charge in [0.15, 0.2) is 0 Å². The van der Waals surface area contributed by atoms with Crippen molar-refractivity contribution in [1.29, 1.82) is 0 Å². The van der Waals surface area contributed by atoms with E-state index in [2.05, 4.69) is 34.6 Å². The number of amides is 1. The summed E-state index contributed by atoms with van der Waals surface area (Å²) in [5.74, 6) is 0.0634. The van der Waals surface area contributed by atoms with E-state index in [0.717, 1.165) is 33.4 Å². The van der Waals surface area contributed by atoms with Gasteiger partial charge in [0.25, 0.3) is 0 Å². The number of carbonyl (C=O) groups excluding carboxylic acids is 1. The third kappa shape index (κ3) is 1.70. The summed E-state index contributed by atoms with van der Waals surface area (Å²) < 4.78 is 0. The topological polar surface area (TPSA) is 44.9 Å². The second-order valence-electron chi connectivity index (χ2n) is 6.11. The summed E-state index contributed by atoms with van der Waals surface area (Å²) in [5.41, 5.74) is 4.83. The molecule has 0 atom stereocenters. The van der Waals surface area contributed by atoms with Crippen molar-refractivity contribution in [3.63, 3.8) is 0 Å². The van der Waals surface area contributed by atoms with Crippen LogP contribution in [0.25, 0.3) is 22.2 Å². The molecule has 0 unspecified atom stereocenters. The Morgan fingerprint density at radius 2 is 1.76 bits per heavy atom. The van der Waals surface area contributed by atoms with E-state index in [1.165, 1.54) is 0 Å². The second-order valence-corrected chi connectivity index (χ2v) is 6.11. The van der Waals surface area contributed by atoms with Crippen molar-refractivity contribution in [2.24, 2.45) is 0 Å². The summed E-state index contributed by atoms with van der Waals surface area (Å²) in [7, 11) is 0. The van der Waals surface area contributed by atoms with Crippen molar-refractivity contribution >= 4 is 22.5 Å². The number of nitrogens with one attached hydrogen (secondary N) is 2. The van der Waals surface area contributed by atoms with Crippen molar-refractivity contribution in [3.05, 3.63) is 54.1 Å². The minimum absolute atomic E-state index is 0.0634. The molecular formula is C18H16N2O. The molecule has 1 aliphatic heterocycles. The number of aromatic nitrogens is 1. The van der Waals surface area contributed by atoms with E-state index < -0.39 is 5.41 Å². The van der Waals surface area contributed by atoms with Gasteiger partial charge in [0.05, 0.1) is 5.41 Å². The predicted molar refractivity (Wildman–Crippen MR) is 85.4 cm³/mol. The quantitative estimate of drug-likeness (QED) is 0.691. The maximum absolute atomic E-state index is 12.0.